The number of halogens is 1. The van der Waals surface area contributed by atoms with E-state index in [2.05, 4.69) is 10.7 Å². The lowest BCUT2D eigenvalue weighted by molar-refractivity contribution is -0.132. The highest BCUT2D eigenvalue weighted by Gasteiger charge is 2.48. The number of nitrogens with one attached hydrogen (secondary N) is 2. The predicted octanol–water partition coefficient (Wildman–Crippen LogP) is 2.93. The normalized spacial score (nSPS) is 19.4. The van der Waals surface area contributed by atoms with Crippen molar-refractivity contribution in [1.29, 1.82) is 0 Å². The molecule has 2 aromatic rings. The maximum absolute atomic E-state index is 12.7. The molecule has 1 unspecified atom stereocenters. The van der Waals surface area contributed by atoms with Crippen LogP contribution in [0.25, 0.3) is 0 Å². The number of benzene rings is 2. The molecule has 1 atom stereocenters. The van der Waals surface area contributed by atoms with Gasteiger partial charge in [-0.15, -0.1) is 0 Å². The van der Waals surface area contributed by atoms with Crippen LogP contribution in [-0.4, -0.2) is 28.4 Å². The summed E-state index contributed by atoms with van der Waals surface area (Å²) in [6, 6.07) is 15.4. The Morgan fingerprint density at radius 1 is 1.12 bits per heavy atom. The lowest BCUT2D eigenvalue weighted by atomic mass is 9.93. The highest BCUT2D eigenvalue weighted by atomic mass is 35.5. The van der Waals surface area contributed by atoms with E-state index < -0.39 is 23.4 Å². The van der Waals surface area contributed by atoms with Gasteiger partial charge in [-0.25, -0.2) is 4.79 Å². The van der Waals surface area contributed by atoms with E-state index in [0.717, 1.165) is 10.6 Å². The van der Waals surface area contributed by atoms with Crippen LogP contribution in [0.5, 0.6) is 0 Å². The van der Waals surface area contributed by atoms with Gasteiger partial charge in [0.05, 0.1) is 10.6 Å². The number of nitrogens with zero attached hydrogens (tertiary/aromatic N) is 1. The van der Waals surface area contributed by atoms with Crippen LogP contribution in [0, 0.1) is 0 Å². The molecule has 26 heavy (non-hydrogen) atoms. The zero-order valence-corrected chi connectivity index (χ0v) is 14.9. The predicted molar refractivity (Wildman–Crippen MR) is 97.5 cm³/mol. The average molecular weight is 372 g/mol. The summed E-state index contributed by atoms with van der Waals surface area (Å²) in [6.45, 7) is 1.65. The van der Waals surface area contributed by atoms with Crippen LogP contribution < -0.4 is 10.7 Å². The van der Waals surface area contributed by atoms with Crippen LogP contribution in [0.3, 0.4) is 0 Å². The van der Waals surface area contributed by atoms with Gasteiger partial charge in [-0.2, -0.15) is 5.01 Å². The summed E-state index contributed by atoms with van der Waals surface area (Å²) in [5, 5.41) is 3.62. The molecule has 1 aliphatic rings. The van der Waals surface area contributed by atoms with Crippen LogP contribution in [-0.2, 0) is 11.2 Å². The van der Waals surface area contributed by atoms with Gasteiger partial charge in [-0.1, -0.05) is 54.1 Å². The molecule has 1 aliphatic heterocycles. The Balaban J connectivity index is 1.70. The van der Waals surface area contributed by atoms with Crippen LogP contribution >= 0.6 is 11.6 Å². The van der Waals surface area contributed by atoms with Gasteiger partial charge in [0.25, 0.3) is 11.8 Å². The van der Waals surface area contributed by atoms with Crippen molar-refractivity contribution in [1.82, 2.24) is 15.8 Å². The Hall–Kier alpha value is -2.86. The molecule has 3 rings (SSSR count). The second kappa shape index (κ2) is 7.17. The molecular formula is C19H18ClN3O3. The zero-order chi connectivity index (χ0) is 18.7. The number of amides is 4. The topological polar surface area (TPSA) is 78.5 Å². The molecule has 0 bridgehead atoms. The van der Waals surface area contributed by atoms with E-state index in [1.54, 1.807) is 25.1 Å². The molecule has 2 aromatic carbocycles. The van der Waals surface area contributed by atoms with E-state index in [4.69, 9.17) is 11.6 Å². The largest absolute Gasteiger partial charge is 0.344 e. The summed E-state index contributed by atoms with van der Waals surface area (Å²) < 4.78 is 0. The fourth-order valence-corrected chi connectivity index (χ4v) is 3.02. The summed E-state index contributed by atoms with van der Waals surface area (Å²) in [6.07, 6.45) is 1.04. The molecule has 0 aromatic heterocycles. The van der Waals surface area contributed by atoms with Crippen molar-refractivity contribution in [3.8, 4) is 0 Å². The highest BCUT2D eigenvalue weighted by molar-refractivity contribution is 6.33. The third-order valence-corrected chi connectivity index (χ3v) is 4.68. The minimum atomic E-state index is -1.08. The summed E-state index contributed by atoms with van der Waals surface area (Å²) in [7, 11) is 0. The van der Waals surface area contributed by atoms with Gasteiger partial charge < -0.3 is 5.32 Å². The summed E-state index contributed by atoms with van der Waals surface area (Å²) in [4.78, 5) is 37.2. The smallest absolute Gasteiger partial charge is 0.322 e. The summed E-state index contributed by atoms with van der Waals surface area (Å²) >= 11 is 5.99. The van der Waals surface area contributed by atoms with Crippen LogP contribution in [0.15, 0.2) is 54.6 Å². The fourth-order valence-electron chi connectivity index (χ4n) is 2.80. The number of carbonyl (C=O) groups excluding carboxylic acids is 3. The molecule has 0 radical (unpaired) electrons. The van der Waals surface area contributed by atoms with Gasteiger partial charge in [0.2, 0.25) is 0 Å². The number of carbonyl (C=O) groups is 3. The van der Waals surface area contributed by atoms with Gasteiger partial charge in [-0.05, 0) is 37.5 Å². The highest BCUT2D eigenvalue weighted by Crippen LogP contribution is 2.23. The van der Waals surface area contributed by atoms with E-state index >= 15 is 0 Å². The quantitative estimate of drug-likeness (QED) is 0.793. The molecule has 4 amide bonds. The Kier molecular flexibility index (Phi) is 4.95. The molecule has 0 aliphatic carbocycles. The number of urea groups is 1. The van der Waals surface area contributed by atoms with Crippen LogP contribution in [0.1, 0.15) is 29.3 Å². The molecule has 6 nitrogen and oxygen atoms in total. The molecule has 7 heteroatoms. The molecule has 1 heterocycles. The molecule has 0 spiro atoms. The van der Waals surface area contributed by atoms with Crippen LogP contribution in [0.4, 0.5) is 4.79 Å². The van der Waals surface area contributed by atoms with E-state index in [1.165, 1.54) is 6.07 Å². The Bertz CT molecular complexity index is 856. The summed E-state index contributed by atoms with van der Waals surface area (Å²) in [5.41, 5.74) is 2.51. The molecule has 2 N–H and O–H groups in total. The number of aryl methyl sites for hydroxylation is 1. The van der Waals surface area contributed by atoms with Gasteiger partial charge in [0.15, 0.2) is 0 Å². The van der Waals surface area contributed by atoms with Crippen molar-refractivity contribution in [3.05, 3.63) is 70.7 Å². The van der Waals surface area contributed by atoms with Crippen molar-refractivity contribution in [3.63, 3.8) is 0 Å². The first kappa shape index (κ1) is 17.9. The monoisotopic (exact) mass is 371 g/mol. The standard InChI is InChI=1S/C19H18ClN3O3/c1-19(12-11-13-7-3-2-4-8-13)17(25)23(18(26)21-19)22-16(24)14-9-5-6-10-15(14)20/h2-10H,11-12H2,1H3,(H,21,26)(H,22,24). The second-order valence-electron chi connectivity index (χ2n) is 6.31. The van der Waals surface area contributed by atoms with Crippen LogP contribution in [0.2, 0.25) is 5.02 Å². The second-order valence-corrected chi connectivity index (χ2v) is 6.72. The first-order valence-corrected chi connectivity index (χ1v) is 8.55. The molecule has 134 valence electrons. The molecule has 1 fully saturated rings. The number of hydrogen-bond donors (Lipinski definition) is 2. The lowest BCUT2D eigenvalue weighted by Crippen LogP contribution is -2.49. The lowest BCUT2D eigenvalue weighted by Gasteiger charge is -2.21. The third-order valence-electron chi connectivity index (χ3n) is 4.35. The van der Waals surface area contributed by atoms with Crippen molar-refractivity contribution in [2.75, 3.05) is 0 Å². The van der Waals surface area contributed by atoms with Gasteiger partial charge in [0.1, 0.15) is 5.54 Å². The minimum Gasteiger partial charge on any atom is -0.322 e. The average Bonchev–Trinajstić information content (AvgIpc) is 2.85. The van der Waals surface area contributed by atoms with Crippen molar-refractivity contribution < 1.29 is 14.4 Å². The maximum atomic E-state index is 12.7. The molecular weight excluding hydrogens is 354 g/mol. The Labute approximate surface area is 156 Å². The number of rotatable bonds is 5. The molecule has 1 saturated heterocycles. The van der Waals surface area contributed by atoms with Gasteiger partial charge >= 0.3 is 6.03 Å². The van der Waals surface area contributed by atoms with Gasteiger partial charge in [0, 0.05) is 0 Å². The third kappa shape index (κ3) is 3.55. The SMILES string of the molecule is CC1(CCc2ccccc2)NC(=O)N(NC(=O)c2ccccc2Cl)C1=O. The number of hydrazine groups is 1. The first-order valence-electron chi connectivity index (χ1n) is 8.17. The van der Waals surface area contributed by atoms with Crippen molar-refractivity contribution in [2.24, 2.45) is 0 Å². The van der Waals surface area contributed by atoms with Crippen molar-refractivity contribution >= 4 is 29.4 Å². The molecule has 0 saturated carbocycles. The van der Waals surface area contributed by atoms with E-state index in [9.17, 15) is 14.4 Å². The minimum absolute atomic E-state index is 0.188. The Morgan fingerprint density at radius 2 is 1.77 bits per heavy atom. The Morgan fingerprint density at radius 3 is 2.46 bits per heavy atom. The number of imide groups is 1. The van der Waals surface area contributed by atoms with Gasteiger partial charge in [-0.3, -0.25) is 15.0 Å². The van der Waals surface area contributed by atoms with E-state index in [0.29, 0.717) is 12.8 Å². The zero-order valence-electron chi connectivity index (χ0n) is 14.2. The first-order chi connectivity index (χ1) is 12.4. The fraction of sp³-hybridized carbons (Fsp3) is 0.211. The van der Waals surface area contributed by atoms with E-state index in [-0.39, 0.29) is 10.6 Å². The number of hydrogen-bond acceptors (Lipinski definition) is 3. The van der Waals surface area contributed by atoms with Crippen molar-refractivity contribution in [2.45, 2.75) is 25.3 Å². The summed E-state index contributed by atoms with van der Waals surface area (Å²) in [5.74, 6) is -1.12. The maximum Gasteiger partial charge on any atom is 0.344 e. The van der Waals surface area contributed by atoms with E-state index in [1.807, 2.05) is 30.3 Å².